The van der Waals surface area contributed by atoms with E-state index in [-0.39, 0.29) is 24.4 Å². The number of carbonyl (C=O) groups is 2. The van der Waals surface area contributed by atoms with Crippen LogP contribution >= 0.6 is 0 Å². The van der Waals surface area contributed by atoms with Gasteiger partial charge in [-0.3, -0.25) is 4.79 Å². The highest BCUT2D eigenvalue weighted by Gasteiger charge is 2.37. The van der Waals surface area contributed by atoms with Crippen molar-refractivity contribution >= 4 is 11.9 Å². The predicted octanol–water partition coefficient (Wildman–Crippen LogP) is 4.79. The first-order chi connectivity index (χ1) is 14.6. The average molecular weight is 433 g/mol. The standard InChI is InChI=1S/C23H22F3NO4/c1-22(21(29)30,31-19-5-3-2-4-6-19)15-16-11-13-27(14-12-16)20(28)17-7-9-18(10-8-17)23(24,25)26/h2-11H,12-15H2,1H3,(H,29,30). The van der Waals surface area contributed by atoms with Crippen molar-refractivity contribution in [3.63, 3.8) is 0 Å². The first kappa shape index (κ1) is 22.4. The summed E-state index contributed by atoms with van der Waals surface area (Å²) < 4.78 is 43.8. The maximum atomic E-state index is 12.7. The number of nitrogens with zero attached hydrogens (tertiary/aromatic N) is 1. The summed E-state index contributed by atoms with van der Waals surface area (Å²) in [5, 5.41) is 9.70. The summed E-state index contributed by atoms with van der Waals surface area (Å²) in [7, 11) is 0. The number of benzene rings is 2. The molecule has 1 aliphatic heterocycles. The van der Waals surface area contributed by atoms with Gasteiger partial charge < -0.3 is 14.7 Å². The summed E-state index contributed by atoms with van der Waals surface area (Å²) in [6.45, 7) is 2.09. The van der Waals surface area contributed by atoms with Crippen LogP contribution < -0.4 is 4.74 Å². The van der Waals surface area contributed by atoms with Crippen LogP contribution in [0.25, 0.3) is 0 Å². The van der Waals surface area contributed by atoms with Gasteiger partial charge in [0, 0.05) is 25.1 Å². The van der Waals surface area contributed by atoms with Gasteiger partial charge in [0.1, 0.15) is 5.75 Å². The Balaban J connectivity index is 1.66. The van der Waals surface area contributed by atoms with E-state index in [1.807, 2.05) is 0 Å². The second kappa shape index (κ2) is 8.83. The van der Waals surface area contributed by atoms with E-state index in [4.69, 9.17) is 4.74 Å². The van der Waals surface area contributed by atoms with E-state index in [1.165, 1.54) is 24.0 Å². The number of aliphatic carboxylic acids is 1. The average Bonchev–Trinajstić information content (AvgIpc) is 2.74. The molecule has 1 amide bonds. The summed E-state index contributed by atoms with van der Waals surface area (Å²) in [5.41, 5.74) is -1.26. The van der Waals surface area contributed by atoms with E-state index in [0.29, 0.717) is 18.7 Å². The Morgan fingerprint density at radius 3 is 2.23 bits per heavy atom. The van der Waals surface area contributed by atoms with Crippen molar-refractivity contribution in [2.45, 2.75) is 31.5 Å². The topological polar surface area (TPSA) is 66.8 Å². The van der Waals surface area contributed by atoms with E-state index >= 15 is 0 Å². The van der Waals surface area contributed by atoms with Gasteiger partial charge >= 0.3 is 12.1 Å². The number of para-hydroxylation sites is 1. The fourth-order valence-electron chi connectivity index (χ4n) is 3.38. The van der Waals surface area contributed by atoms with Crippen molar-refractivity contribution in [3.05, 3.63) is 77.4 Å². The largest absolute Gasteiger partial charge is 0.478 e. The van der Waals surface area contributed by atoms with E-state index in [0.717, 1.165) is 17.7 Å². The van der Waals surface area contributed by atoms with Crippen LogP contribution in [0.5, 0.6) is 5.75 Å². The lowest BCUT2D eigenvalue weighted by molar-refractivity contribution is -0.153. The van der Waals surface area contributed by atoms with Crippen molar-refractivity contribution in [3.8, 4) is 5.75 Å². The summed E-state index contributed by atoms with van der Waals surface area (Å²) in [5.74, 6) is -1.02. The molecule has 2 aromatic rings. The molecule has 0 saturated carbocycles. The molecule has 0 aliphatic carbocycles. The summed E-state index contributed by atoms with van der Waals surface area (Å²) in [6, 6.07) is 12.8. The van der Waals surface area contributed by atoms with Gasteiger partial charge in [-0.25, -0.2) is 4.79 Å². The third-order valence-electron chi connectivity index (χ3n) is 5.15. The predicted molar refractivity (Wildman–Crippen MR) is 108 cm³/mol. The zero-order valence-corrected chi connectivity index (χ0v) is 16.9. The Labute approximate surface area is 177 Å². The Kier molecular flexibility index (Phi) is 6.38. The number of hydrogen-bond acceptors (Lipinski definition) is 3. The van der Waals surface area contributed by atoms with Gasteiger partial charge in [0.25, 0.3) is 5.91 Å². The van der Waals surface area contributed by atoms with E-state index in [9.17, 15) is 27.9 Å². The molecule has 1 unspecified atom stereocenters. The SMILES string of the molecule is CC(CC1=CCN(C(=O)c2ccc(C(F)(F)F)cc2)CC1)(Oc1ccccc1)C(=O)O. The highest BCUT2D eigenvalue weighted by molar-refractivity contribution is 5.94. The smallest absolute Gasteiger partial charge is 0.416 e. The quantitative estimate of drug-likeness (QED) is 0.666. The number of carboxylic acid groups (broad SMARTS) is 1. The highest BCUT2D eigenvalue weighted by atomic mass is 19.4. The molecule has 1 N–H and O–H groups in total. The van der Waals surface area contributed by atoms with Gasteiger partial charge in [-0.1, -0.05) is 29.8 Å². The fraction of sp³-hybridized carbons (Fsp3) is 0.304. The summed E-state index contributed by atoms with van der Waals surface area (Å²) >= 11 is 0. The molecule has 1 aliphatic rings. The molecule has 0 bridgehead atoms. The Morgan fingerprint density at radius 2 is 1.71 bits per heavy atom. The van der Waals surface area contributed by atoms with Crippen LogP contribution in [-0.4, -0.2) is 40.6 Å². The molecular weight excluding hydrogens is 411 g/mol. The molecule has 31 heavy (non-hydrogen) atoms. The van der Waals surface area contributed by atoms with Crippen molar-refractivity contribution in [2.24, 2.45) is 0 Å². The number of alkyl halides is 3. The Hall–Kier alpha value is -3.29. The number of ether oxygens (including phenoxy) is 1. The fourth-order valence-corrected chi connectivity index (χ4v) is 3.38. The van der Waals surface area contributed by atoms with Crippen LogP contribution in [-0.2, 0) is 11.0 Å². The minimum atomic E-state index is -4.46. The number of hydrogen-bond donors (Lipinski definition) is 1. The van der Waals surface area contributed by atoms with Crippen LogP contribution in [0.2, 0.25) is 0 Å². The van der Waals surface area contributed by atoms with Crippen LogP contribution in [0.15, 0.2) is 66.2 Å². The minimum Gasteiger partial charge on any atom is -0.478 e. The molecule has 0 fully saturated rings. The van der Waals surface area contributed by atoms with Crippen LogP contribution in [0.3, 0.4) is 0 Å². The van der Waals surface area contributed by atoms with Crippen molar-refractivity contribution in [1.29, 1.82) is 0 Å². The molecule has 8 heteroatoms. The van der Waals surface area contributed by atoms with Gasteiger partial charge in [0.2, 0.25) is 5.60 Å². The molecule has 0 radical (unpaired) electrons. The lowest BCUT2D eigenvalue weighted by Gasteiger charge is -2.31. The lowest BCUT2D eigenvalue weighted by atomic mass is 9.92. The van der Waals surface area contributed by atoms with Crippen molar-refractivity contribution in [1.82, 2.24) is 4.90 Å². The van der Waals surface area contributed by atoms with Crippen molar-refractivity contribution < 1.29 is 32.6 Å². The zero-order chi connectivity index (χ0) is 22.6. The molecule has 164 valence electrons. The van der Waals surface area contributed by atoms with Gasteiger partial charge in [-0.05, 0) is 49.7 Å². The molecule has 5 nitrogen and oxygen atoms in total. The maximum Gasteiger partial charge on any atom is 0.416 e. The molecule has 1 atom stereocenters. The van der Waals surface area contributed by atoms with Gasteiger partial charge in [-0.2, -0.15) is 13.2 Å². The normalized spacial score (nSPS) is 16.3. The van der Waals surface area contributed by atoms with E-state index in [2.05, 4.69) is 0 Å². The monoisotopic (exact) mass is 433 g/mol. The molecular formula is C23H22F3NO4. The summed E-state index contributed by atoms with van der Waals surface area (Å²) in [6.07, 6.45) is -2.07. The first-order valence-electron chi connectivity index (χ1n) is 9.70. The molecule has 3 rings (SSSR count). The maximum absolute atomic E-state index is 12.7. The highest BCUT2D eigenvalue weighted by Crippen LogP contribution is 2.30. The van der Waals surface area contributed by atoms with Gasteiger partial charge in [0.05, 0.1) is 5.56 Å². The summed E-state index contributed by atoms with van der Waals surface area (Å²) in [4.78, 5) is 26.0. The van der Waals surface area contributed by atoms with Gasteiger partial charge in [-0.15, -0.1) is 0 Å². The first-order valence-corrected chi connectivity index (χ1v) is 9.70. The zero-order valence-electron chi connectivity index (χ0n) is 16.9. The van der Waals surface area contributed by atoms with E-state index in [1.54, 1.807) is 36.4 Å². The molecule has 0 spiro atoms. The Morgan fingerprint density at radius 1 is 1.06 bits per heavy atom. The number of carboxylic acids is 1. The van der Waals surface area contributed by atoms with Gasteiger partial charge in [0.15, 0.2) is 0 Å². The Bertz CT molecular complexity index is 971. The third-order valence-corrected chi connectivity index (χ3v) is 5.15. The molecule has 0 saturated heterocycles. The number of amides is 1. The second-order valence-electron chi connectivity index (χ2n) is 7.57. The van der Waals surface area contributed by atoms with E-state index < -0.39 is 23.3 Å². The lowest BCUT2D eigenvalue weighted by Crippen LogP contribution is -2.43. The van der Waals surface area contributed by atoms with Crippen LogP contribution in [0, 0.1) is 0 Å². The van der Waals surface area contributed by atoms with Crippen LogP contribution in [0.4, 0.5) is 13.2 Å². The number of carbonyl (C=O) groups excluding carboxylic acids is 1. The third kappa shape index (κ3) is 5.45. The number of halogens is 3. The number of rotatable bonds is 6. The van der Waals surface area contributed by atoms with Crippen LogP contribution in [0.1, 0.15) is 35.7 Å². The van der Waals surface area contributed by atoms with Crippen molar-refractivity contribution in [2.75, 3.05) is 13.1 Å². The minimum absolute atomic E-state index is 0.152. The molecule has 1 heterocycles. The second-order valence-corrected chi connectivity index (χ2v) is 7.57. The molecule has 0 aromatic heterocycles. The molecule has 2 aromatic carbocycles.